The number of carbonyl (C=O) groups excluding carboxylic acids is 1. The van der Waals surface area contributed by atoms with Gasteiger partial charge < -0.3 is 4.90 Å². The van der Waals surface area contributed by atoms with Gasteiger partial charge in [-0.2, -0.15) is 5.10 Å². The van der Waals surface area contributed by atoms with Crippen LogP contribution in [0.5, 0.6) is 0 Å². The van der Waals surface area contributed by atoms with Crippen LogP contribution in [-0.4, -0.2) is 24.7 Å². The summed E-state index contributed by atoms with van der Waals surface area (Å²) in [7, 11) is 0. The number of hydrazone groups is 1. The summed E-state index contributed by atoms with van der Waals surface area (Å²) in [5.74, 6) is 0.402. The summed E-state index contributed by atoms with van der Waals surface area (Å²) in [4.78, 5) is 13.2. The minimum atomic E-state index is 0.0246. The third-order valence-electron chi connectivity index (χ3n) is 3.76. The molecule has 1 saturated heterocycles. The number of nitrogens with zero attached hydrogens (tertiary/aromatic N) is 1. The number of benzene rings is 1. The summed E-state index contributed by atoms with van der Waals surface area (Å²) in [5, 5.41) is 4.28. The summed E-state index contributed by atoms with van der Waals surface area (Å²) >= 11 is 0. The summed E-state index contributed by atoms with van der Waals surface area (Å²) in [5.41, 5.74) is 5.20. The highest BCUT2D eigenvalue weighted by Gasteiger charge is 2.18. The number of carbonyl (C=O) groups is 1. The minimum Gasteiger partial charge on any atom is -0.331 e. The minimum absolute atomic E-state index is 0.0246. The highest BCUT2D eigenvalue weighted by molar-refractivity contribution is 5.86. The van der Waals surface area contributed by atoms with E-state index in [2.05, 4.69) is 40.9 Å². The van der Waals surface area contributed by atoms with Gasteiger partial charge in [-0.05, 0) is 5.92 Å². The Morgan fingerprint density at radius 3 is 2.52 bits per heavy atom. The predicted octanol–water partition coefficient (Wildman–Crippen LogP) is 1.38. The monoisotopic (exact) mass is 288 g/mol. The van der Waals surface area contributed by atoms with E-state index >= 15 is 0 Å². The largest absolute Gasteiger partial charge is 0.331 e. The average molecular weight is 288 g/mol. The quantitative estimate of drug-likeness (QED) is 0.790. The van der Waals surface area contributed by atoms with E-state index in [1.54, 1.807) is 4.90 Å². The van der Waals surface area contributed by atoms with Crippen LogP contribution in [0.1, 0.15) is 38.7 Å². The van der Waals surface area contributed by atoms with Crippen LogP contribution < -0.4 is 10.3 Å². The molecule has 0 saturated carbocycles. The Hall–Kier alpha value is -1.68. The molecular formula is C17H26N3O+. The molecule has 4 heteroatoms. The molecule has 1 fully saturated rings. The second kappa shape index (κ2) is 7.93. The van der Waals surface area contributed by atoms with Crippen molar-refractivity contribution >= 4 is 11.6 Å². The standard InChI is InChI=1S/C17H25N3O/c1-14(2)12-17(21)19-18-16-8-10-20(11-9-16)13-15-6-4-3-5-7-15/h3-7,14H,8-13H2,1-2H3,(H,19,21)/p+1. The maximum absolute atomic E-state index is 11.6. The lowest BCUT2D eigenvalue weighted by atomic mass is 10.1. The van der Waals surface area contributed by atoms with Crippen molar-refractivity contribution in [3.8, 4) is 0 Å². The molecule has 0 spiro atoms. The lowest BCUT2D eigenvalue weighted by Crippen LogP contribution is -3.11. The normalized spacial score (nSPS) is 18.6. The molecule has 0 bridgehead atoms. The first-order chi connectivity index (χ1) is 10.1. The highest BCUT2D eigenvalue weighted by Crippen LogP contribution is 2.00. The SMILES string of the molecule is CC(C)CC(=O)NN=C1CC[NH+](Cc2ccccc2)CC1. The van der Waals surface area contributed by atoms with Crippen LogP contribution in [0.2, 0.25) is 0 Å². The highest BCUT2D eigenvalue weighted by atomic mass is 16.2. The predicted molar refractivity (Wildman–Crippen MR) is 85.1 cm³/mol. The second-order valence-corrected chi connectivity index (χ2v) is 6.22. The molecule has 0 aromatic heterocycles. The van der Waals surface area contributed by atoms with Gasteiger partial charge in [0.25, 0.3) is 0 Å². The number of rotatable bonds is 5. The van der Waals surface area contributed by atoms with Gasteiger partial charge in [0.1, 0.15) is 6.54 Å². The number of hydrogen-bond donors (Lipinski definition) is 2. The number of nitrogens with one attached hydrogen (secondary N) is 2. The number of quaternary nitrogens is 1. The Balaban J connectivity index is 1.74. The molecule has 0 unspecified atom stereocenters. The van der Waals surface area contributed by atoms with Gasteiger partial charge in [0.15, 0.2) is 0 Å². The number of likely N-dealkylation sites (tertiary alicyclic amines) is 1. The Morgan fingerprint density at radius 1 is 1.24 bits per heavy atom. The molecule has 1 aromatic carbocycles. The number of piperidine rings is 1. The fraction of sp³-hybridized carbons (Fsp3) is 0.529. The molecule has 21 heavy (non-hydrogen) atoms. The van der Waals surface area contributed by atoms with Crippen molar-refractivity contribution in [3.05, 3.63) is 35.9 Å². The van der Waals surface area contributed by atoms with E-state index in [1.165, 1.54) is 5.56 Å². The van der Waals surface area contributed by atoms with Crippen molar-refractivity contribution in [1.82, 2.24) is 5.43 Å². The van der Waals surface area contributed by atoms with Gasteiger partial charge in [-0.15, -0.1) is 0 Å². The summed E-state index contributed by atoms with van der Waals surface area (Å²) in [6.07, 6.45) is 2.50. The van der Waals surface area contributed by atoms with Crippen LogP contribution in [0, 0.1) is 5.92 Å². The maximum Gasteiger partial charge on any atom is 0.240 e. The van der Waals surface area contributed by atoms with E-state index in [9.17, 15) is 4.79 Å². The van der Waals surface area contributed by atoms with Crippen molar-refractivity contribution in [3.63, 3.8) is 0 Å². The summed E-state index contributed by atoms with van der Waals surface area (Å²) < 4.78 is 0. The smallest absolute Gasteiger partial charge is 0.240 e. The first-order valence-electron chi connectivity index (χ1n) is 7.85. The van der Waals surface area contributed by atoms with Crippen LogP contribution >= 0.6 is 0 Å². The number of amides is 1. The van der Waals surface area contributed by atoms with Gasteiger partial charge in [-0.1, -0.05) is 44.2 Å². The molecule has 1 aromatic rings. The van der Waals surface area contributed by atoms with E-state index in [-0.39, 0.29) is 5.91 Å². The Morgan fingerprint density at radius 2 is 1.90 bits per heavy atom. The van der Waals surface area contributed by atoms with E-state index in [4.69, 9.17) is 0 Å². The number of hydrogen-bond acceptors (Lipinski definition) is 2. The zero-order valence-electron chi connectivity index (χ0n) is 13.1. The molecule has 0 atom stereocenters. The van der Waals surface area contributed by atoms with Gasteiger partial charge in [0.2, 0.25) is 5.91 Å². The maximum atomic E-state index is 11.6. The Labute approximate surface area is 127 Å². The van der Waals surface area contributed by atoms with Gasteiger partial charge >= 0.3 is 0 Å². The van der Waals surface area contributed by atoms with Gasteiger partial charge in [0, 0.05) is 30.5 Å². The molecular weight excluding hydrogens is 262 g/mol. The molecule has 2 N–H and O–H groups in total. The Bertz CT molecular complexity index is 472. The van der Waals surface area contributed by atoms with E-state index in [0.29, 0.717) is 12.3 Å². The fourth-order valence-electron chi connectivity index (χ4n) is 2.62. The molecule has 114 valence electrons. The molecule has 1 aliphatic heterocycles. The zero-order chi connectivity index (χ0) is 15.1. The summed E-state index contributed by atoms with van der Waals surface area (Å²) in [6.45, 7) is 7.34. The third-order valence-corrected chi connectivity index (χ3v) is 3.76. The average Bonchev–Trinajstić information content (AvgIpc) is 2.47. The first-order valence-corrected chi connectivity index (χ1v) is 7.85. The van der Waals surface area contributed by atoms with Crippen LogP contribution in [0.15, 0.2) is 35.4 Å². The topological polar surface area (TPSA) is 45.9 Å². The van der Waals surface area contributed by atoms with Crippen LogP contribution in [0.25, 0.3) is 0 Å². The molecule has 2 rings (SSSR count). The van der Waals surface area contributed by atoms with Crippen molar-refractivity contribution in [2.24, 2.45) is 11.0 Å². The second-order valence-electron chi connectivity index (χ2n) is 6.22. The van der Waals surface area contributed by atoms with Crippen molar-refractivity contribution in [1.29, 1.82) is 0 Å². The fourth-order valence-corrected chi connectivity index (χ4v) is 2.62. The van der Waals surface area contributed by atoms with Crippen LogP contribution in [-0.2, 0) is 11.3 Å². The molecule has 0 radical (unpaired) electrons. The van der Waals surface area contributed by atoms with Crippen LogP contribution in [0.4, 0.5) is 0 Å². The lowest BCUT2D eigenvalue weighted by Gasteiger charge is -2.24. The van der Waals surface area contributed by atoms with Crippen molar-refractivity contribution in [2.45, 2.75) is 39.7 Å². The molecule has 1 amide bonds. The lowest BCUT2D eigenvalue weighted by molar-refractivity contribution is -0.914. The van der Waals surface area contributed by atoms with Crippen molar-refractivity contribution < 1.29 is 9.69 Å². The Kier molecular flexibility index (Phi) is 5.93. The van der Waals surface area contributed by atoms with Crippen molar-refractivity contribution in [2.75, 3.05) is 13.1 Å². The summed E-state index contributed by atoms with van der Waals surface area (Å²) in [6, 6.07) is 10.6. The van der Waals surface area contributed by atoms with Gasteiger partial charge in [0.05, 0.1) is 13.1 Å². The van der Waals surface area contributed by atoms with E-state index in [1.807, 2.05) is 13.8 Å². The molecule has 0 aliphatic carbocycles. The zero-order valence-corrected chi connectivity index (χ0v) is 13.1. The van der Waals surface area contributed by atoms with E-state index in [0.717, 1.165) is 38.2 Å². The van der Waals surface area contributed by atoms with Gasteiger partial charge in [-0.25, -0.2) is 5.43 Å². The molecule has 1 aliphatic rings. The van der Waals surface area contributed by atoms with E-state index < -0.39 is 0 Å². The van der Waals surface area contributed by atoms with Crippen LogP contribution in [0.3, 0.4) is 0 Å². The first kappa shape index (κ1) is 15.7. The van der Waals surface area contributed by atoms with Gasteiger partial charge in [-0.3, -0.25) is 4.79 Å². The third kappa shape index (κ3) is 5.68. The molecule has 1 heterocycles. The molecule has 4 nitrogen and oxygen atoms in total.